The number of rotatable bonds is 9. The number of nitrogen functional groups attached to an aromatic ring is 1. The highest BCUT2D eigenvalue weighted by molar-refractivity contribution is 7.99. The van der Waals surface area contributed by atoms with E-state index >= 15 is 0 Å². The zero-order valence-corrected chi connectivity index (χ0v) is 13.4. The molecule has 1 rings (SSSR count). The van der Waals surface area contributed by atoms with Crippen LogP contribution in [0.4, 0.5) is 11.4 Å². The van der Waals surface area contributed by atoms with E-state index in [1.54, 1.807) is 37.1 Å². The summed E-state index contributed by atoms with van der Waals surface area (Å²) in [7, 11) is 1.57. The van der Waals surface area contributed by atoms with Gasteiger partial charge in [-0.3, -0.25) is 4.79 Å². The zero-order valence-electron chi connectivity index (χ0n) is 12.6. The Balaban J connectivity index is 2.28. The molecule has 0 radical (unpaired) electrons. The molecule has 1 aromatic rings. The van der Waals surface area contributed by atoms with Crippen molar-refractivity contribution >= 4 is 29.0 Å². The van der Waals surface area contributed by atoms with Gasteiger partial charge in [-0.05, 0) is 36.0 Å². The van der Waals surface area contributed by atoms with E-state index in [9.17, 15) is 4.79 Å². The minimum absolute atomic E-state index is 0.0392. The minimum atomic E-state index is -0.0392. The van der Waals surface area contributed by atoms with Crippen LogP contribution in [-0.2, 0) is 4.79 Å². The topological polar surface area (TPSA) is 84.6 Å². The molecule has 0 saturated heterocycles. The van der Waals surface area contributed by atoms with Crippen LogP contribution < -0.4 is 15.8 Å². The Morgan fingerprint density at radius 3 is 2.90 bits per heavy atom. The number of nitrogens with one attached hydrogen (secondary N) is 1. The van der Waals surface area contributed by atoms with E-state index in [0.29, 0.717) is 29.5 Å². The Labute approximate surface area is 130 Å². The first-order valence-corrected chi connectivity index (χ1v) is 8.14. The second-order valence-corrected chi connectivity index (χ2v) is 6.12. The second kappa shape index (κ2) is 9.52. The summed E-state index contributed by atoms with van der Waals surface area (Å²) in [4.78, 5) is 11.8. The third-order valence-electron chi connectivity index (χ3n) is 2.94. The number of benzene rings is 1. The lowest BCUT2D eigenvalue weighted by Gasteiger charge is -2.10. The Morgan fingerprint density at radius 2 is 2.29 bits per heavy atom. The lowest BCUT2D eigenvalue weighted by atomic mass is 10.2. The summed E-state index contributed by atoms with van der Waals surface area (Å²) in [6.07, 6.45) is 1.27. The molecule has 0 aromatic heterocycles. The molecule has 0 aliphatic carbocycles. The molecule has 1 atom stereocenters. The van der Waals surface area contributed by atoms with E-state index in [0.717, 1.165) is 17.9 Å². The lowest BCUT2D eigenvalue weighted by molar-refractivity contribution is -0.116. The van der Waals surface area contributed by atoms with Gasteiger partial charge in [0.2, 0.25) is 5.91 Å². The molecule has 0 aliphatic rings. The molecule has 0 fully saturated rings. The van der Waals surface area contributed by atoms with Crippen molar-refractivity contribution in [1.82, 2.24) is 0 Å². The van der Waals surface area contributed by atoms with Gasteiger partial charge in [-0.1, -0.05) is 6.92 Å². The molecule has 1 aromatic carbocycles. The number of carbonyl (C=O) groups is 1. The number of thioether (sulfide) groups is 1. The first-order valence-electron chi connectivity index (χ1n) is 6.98. The van der Waals surface area contributed by atoms with Crippen LogP contribution >= 0.6 is 11.8 Å². The van der Waals surface area contributed by atoms with Gasteiger partial charge in [-0.25, -0.2) is 0 Å². The summed E-state index contributed by atoms with van der Waals surface area (Å²) >= 11 is 1.76. The Bertz CT molecular complexity index is 455. The SMILES string of the molecule is COc1ccc(NC(=O)CCCSCC(C)CO)c(N)c1. The summed E-state index contributed by atoms with van der Waals surface area (Å²) in [6, 6.07) is 5.18. The van der Waals surface area contributed by atoms with E-state index in [-0.39, 0.29) is 12.5 Å². The lowest BCUT2D eigenvalue weighted by Crippen LogP contribution is -2.13. The van der Waals surface area contributed by atoms with Gasteiger partial charge in [0.05, 0.1) is 18.5 Å². The van der Waals surface area contributed by atoms with Crippen molar-refractivity contribution in [2.75, 3.05) is 36.3 Å². The summed E-state index contributed by atoms with van der Waals surface area (Å²) in [5.74, 6) is 2.77. The van der Waals surface area contributed by atoms with Gasteiger partial charge in [-0.15, -0.1) is 0 Å². The third-order valence-corrected chi connectivity index (χ3v) is 4.32. The number of hydrogen-bond acceptors (Lipinski definition) is 5. The first kappa shape index (κ1) is 17.7. The molecule has 0 saturated carbocycles. The van der Waals surface area contributed by atoms with Crippen LogP contribution in [0.15, 0.2) is 18.2 Å². The normalized spacial score (nSPS) is 12.0. The summed E-state index contributed by atoms with van der Waals surface area (Å²) in [5, 5.41) is 11.7. The van der Waals surface area contributed by atoms with E-state index in [1.807, 2.05) is 6.92 Å². The van der Waals surface area contributed by atoms with Crippen molar-refractivity contribution in [3.63, 3.8) is 0 Å². The maximum atomic E-state index is 11.8. The van der Waals surface area contributed by atoms with Crippen LogP contribution in [0, 0.1) is 5.92 Å². The molecule has 1 amide bonds. The van der Waals surface area contributed by atoms with Gasteiger partial charge < -0.3 is 20.9 Å². The average molecular weight is 312 g/mol. The molecule has 6 heteroatoms. The molecule has 1 unspecified atom stereocenters. The first-order chi connectivity index (χ1) is 10.1. The monoisotopic (exact) mass is 312 g/mol. The van der Waals surface area contributed by atoms with Gasteiger partial charge >= 0.3 is 0 Å². The number of aliphatic hydroxyl groups excluding tert-OH is 1. The zero-order chi connectivity index (χ0) is 15.7. The maximum absolute atomic E-state index is 11.8. The summed E-state index contributed by atoms with van der Waals surface area (Å²) in [6.45, 7) is 2.22. The molecular weight excluding hydrogens is 288 g/mol. The number of nitrogens with two attached hydrogens (primary N) is 1. The minimum Gasteiger partial charge on any atom is -0.497 e. The third kappa shape index (κ3) is 6.73. The fourth-order valence-corrected chi connectivity index (χ4v) is 2.69. The molecule has 0 bridgehead atoms. The fourth-order valence-electron chi connectivity index (χ4n) is 1.67. The molecule has 0 spiro atoms. The van der Waals surface area contributed by atoms with Crippen LogP contribution in [-0.4, -0.2) is 36.2 Å². The number of aliphatic hydroxyl groups is 1. The van der Waals surface area contributed by atoms with E-state index < -0.39 is 0 Å². The molecule has 5 nitrogen and oxygen atoms in total. The Kier molecular flexibility index (Phi) is 8.00. The summed E-state index contributed by atoms with van der Waals surface area (Å²) in [5.41, 5.74) is 6.96. The number of methoxy groups -OCH3 is 1. The van der Waals surface area contributed by atoms with Crippen LogP contribution in [0.1, 0.15) is 19.8 Å². The Morgan fingerprint density at radius 1 is 1.52 bits per heavy atom. The quantitative estimate of drug-likeness (QED) is 0.481. The van der Waals surface area contributed by atoms with Crippen LogP contribution in [0.5, 0.6) is 5.75 Å². The Hall–Kier alpha value is -1.40. The van der Waals surface area contributed by atoms with Crippen LogP contribution in [0.3, 0.4) is 0 Å². The highest BCUT2D eigenvalue weighted by Crippen LogP contribution is 2.24. The number of ether oxygens (including phenoxy) is 1. The van der Waals surface area contributed by atoms with Gasteiger partial charge in [0, 0.05) is 19.1 Å². The van der Waals surface area contributed by atoms with Crippen LogP contribution in [0.25, 0.3) is 0 Å². The van der Waals surface area contributed by atoms with Crippen molar-refractivity contribution < 1.29 is 14.6 Å². The fraction of sp³-hybridized carbons (Fsp3) is 0.533. The van der Waals surface area contributed by atoms with Crippen molar-refractivity contribution in [2.24, 2.45) is 5.92 Å². The highest BCUT2D eigenvalue weighted by Gasteiger charge is 2.06. The second-order valence-electron chi connectivity index (χ2n) is 4.97. The number of amides is 1. The molecule has 118 valence electrons. The van der Waals surface area contributed by atoms with Gasteiger partial charge in [-0.2, -0.15) is 11.8 Å². The molecule has 4 N–H and O–H groups in total. The average Bonchev–Trinajstić information content (AvgIpc) is 2.48. The number of hydrogen-bond donors (Lipinski definition) is 3. The van der Waals surface area contributed by atoms with Gasteiger partial charge in [0.25, 0.3) is 0 Å². The number of anilines is 2. The van der Waals surface area contributed by atoms with Crippen LogP contribution in [0.2, 0.25) is 0 Å². The highest BCUT2D eigenvalue weighted by atomic mass is 32.2. The maximum Gasteiger partial charge on any atom is 0.224 e. The number of carbonyl (C=O) groups excluding carboxylic acids is 1. The van der Waals surface area contributed by atoms with Gasteiger partial charge in [0.1, 0.15) is 5.75 Å². The standard InChI is InChI=1S/C15H24N2O3S/c1-11(9-18)10-21-7-3-4-15(19)17-14-6-5-12(20-2)8-13(14)16/h5-6,8,11,18H,3-4,7,9-10,16H2,1-2H3,(H,17,19). The van der Waals surface area contributed by atoms with Crippen molar-refractivity contribution in [3.8, 4) is 5.75 Å². The van der Waals surface area contributed by atoms with E-state index in [4.69, 9.17) is 15.6 Å². The van der Waals surface area contributed by atoms with E-state index in [2.05, 4.69) is 5.32 Å². The van der Waals surface area contributed by atoms with Crippen molar-refractivity contribution in [2.45, 2.75) is 19.8 Å². The van der Waals surface area contributed by atoms with Crippen molar-refractivity contribution in [3.05, 3.63) is 18.2 Å². The summed E-state index contributed by atoms with van der Waals surface area (Å²) < 4.78 is 5.06. The van der Waals surface area contributed by atoms with Gasteiger partial charge in [0.15, 0.2) is 0 Å². The largest absolute Gasteiger partial charge is 0.497 e. The smallest absolute Gasteiger partial charge is 0.224 e. The molecule has 21 heavy (non-hydrogen) atoms. The molecule has 0 heterocycles. The predicted octanol–water partition coefficient (Wildman–Crippen LogP) is 2.36. The predicted molar refractivity (Wildman–Crippen MR) is 88.8 cm³/mol. The van der Waals surface area contributed by atoms with Crippen molar-refractivity contribution in [1.29, 1.82) is 0 Å². The molecular formula is C15H24N2O3S. The van der Waals surface area contributed by atoms with E-state index in [1.165, 1.54) is 0 Å². The molecule has 0 aliphatic heterocycles.